The second-order valence-corrected chi connectivity index (χ2v) is 4.19. The number of carboxylic acid groups (broad SMARTS) is 1. The van der Waals surface area contributed by atoms with Crippen LogP contribution in [0.1, 0.15) is 20.8 Å². The van der Waals surface area contributed by atoms with Gasteiger partial charge in [0.1, 0.15) is 0 Å². The van der Waals surface area contributed by atoms with Crippen LogP contribution in [-0.4, -0.2) is 22.6 Å². The molecular weight excluding hydrogens is 208 g/mol. The highest BCUT2D eigenvalue weighted by atomic mass is 35.5. The predicted molar refractivity (Wildman–Crippen MR) is 52.0 cm³/mol. The number of hydrogen-bond donors (Lipinski definition) is 1. The third-order valence-corrected chi connectivity index (χ3v) is 2.01. The van der Waals surface area contributed by atoms with Crippen molar-refractivity contribution in [2.24, 2.45) is 5.41 Å². The molecule has 4 nitrogen and oxygen atoms in total. The molecule has 0 amide bonds. The van der Waals surface area contributed by atoms with Gasteiger partial charge < -0.3 is 9.84 Å². The lowest BCUT2D eigenvalue weighted by Gasteiger charge is -2.23. The fraction of sp³-hybridized carbons (Fsp3) is 0.556. The van der Waals surface area contributed by atoms with Crippen molar-refractivity contribution >= 4 is 23.5 Å². The van der Waals surface area contributed by atoms with Gasteiger partial charge in [0.05, 0.1) is 0 Å². The predicted octanol–water partition coefficient (Wildman–Crippen LogP) is 1.78. The Morgan fingerprint density at radius 3 is 2.21 bits per heavy atom. The Kier molecular flexibility index (Phi) is 4.63. The van der Waals surface area contributed by atoms with Crippen LogP contribution in [0.4, 0.5) is 0 Å². The number of alkyl halides is 1. The molecule has 0 aromatic rings. The third-order valence-electron chi connectivity index (χ3n) is 1.26. The Labute approximate surface area is 87.5 Å². The first-order valence-corrected chi connectivity index (χ1v) is 4.43. The minimum absolute atomic E-state index is 0.381. The van der Waals surface area contributed by atoms with Crippen molar-refractivity contribution < 1.29 is 19.4 Å². The normalized spacial score (nSPS) is 14.0. The monoisotopic (exact) mass is 220 g/mol. The molecule has 0 radical (unpaired) electrons. The standard InChI is InChI=1S/C9H13ClO4/c1-9(2,3)8(10)14-7(13)5-4-6(11)12/h4-5,8H,1-3H3,(H,11,12)/b5-4+. The molecule has 0 aromatic carbocycles. The molecular formula is C9H13ClO4. The summed E-state index contributed by atoms with van der Waals surface area (Å²) in [5, 5.41) is 8.23. The molecule has 0 saturated heterocycles. The zero-order valence-corrected chi connectivity index (χ0v) is 9.04. The van der Waals surface area contributed by atoms with Gasteiger partial charge in [-0.3, -0.25) is 0 Å². The molecule has 0 fully saturated rings. The van der Waals surface area contributed by atoms with Crippen molar-refractivity contribution in [1.29, 1.82) is 0 Å². The first-order chi connectivity index (χ1) is 6.23. The molecule has 0 spiro atoms. The molecule has 0 aromatic heterocycles. The number of carbonyl (C=O) groups excluding carboxylic acids is 1. The van der Waals surface area contributed by atoms with E-state index in [1.807, 2.05) is 0 Å². The molecule has 0 aliphatic carbocycles. The SMILES string of the molecule is CC(C)(C)C(Cl)OC(=O)/C=C/C(=O)O. The van der Waals surface area contributed by atoms with Crippen molar-refractivity contribution in [2.45, 2.75) is 26.3 Å². The fourth-order valence-corrected chi connectivity index (χ4v) is 0.545. The Balaban J connectivity index is 4.14. The second-order valence-electron chi connectivity index (χ2n) is 3.79. The summed E-state index contributed by atoms with van der Waals surface area (Å²) in [5.41, 5.74) is -1.16. The van der Waals surface area contributed by atoms with E-state index in [-0.39, 0.29) is 5.41 Å². The maximum atomic E-state index is 10.9. The highest BCUT2D eigenvalue weighted by molar-refractivity contribution is 6.20. The van der Waals surface area contributed by atoms with Crippen molar-refractivity contribution in [3.8, 4) is 0 Å². The molecule has 80 valence electrons. The Morgan fingerprint density at radius 2 is 1.86 bits per heavy atom. The summed E-state index contributed by atoms with van der Waals surface area (Å²) in [5.74, 6) is -1.97. The summed E-state index contributed by atoms with van der Waals surface area (Å²) in [4.78, 5) is 21.0. The van der Waals surface area contributed by atoms with Gasteiger partial charge in [0.15, 0.2) is 5.56 Å². The minimum Gasteiger partial charge on any atom is -0.478 e. The van der Waals surface area contributed by atoms with Gasteiger partial charge in [0.25, 0.3) is 0 Å². The van der Waals surface area contributed by atoms with Crippen LogP contribution in [-0.2, 0) is 14.3 Å². The van der Waals surface area contributed by atoms with E-state index in [9.17, 15) is 9.59 Å². The quantitative estimate of drug-likeness (QED) is 0.447. The molecule has 1 atom stereocenters. The molecule has 0 rings (SSSR count). The van der Waals surface area contributed by atoms with Crippen molar-refractivity contribution in [2.75, 3.05) is 0 Å². The maximum absolute atomic E-state index is 10.9. The Morgan fingerprint density at radius 1 is 1.36 bits per heavy atom. The number of aliphatic carboxylic acids is 1. The summed E-state index contributed by atoms with van der Waals surface area (Å²) in [6.07, 6.45) is 1.53. The van der Waals surface area contributed by atoms with Crippen LogP contribution in [0.5, 0.6) is 0 Å². The van der Waals surface area contributed by atoms with E-state index in [1.54, 1.807) is 20.8 Å². The number of rotatable bonds is 3. The van der Waals surface area contributed by atoms with Crippen LogP contribution >= 0.6 is 11.6 Å². The van der Waals surface area contributed by atoms with Gasteiger partial charge in [-0.1, -0.05) is 32.4 Å². The molecule has 0 bridgehead atoms. The van der Waals surface area contributed by atoms with Gasteiger partial charge in [0.2, 0.25) is 0 Å². The van der Waals surface area contributed by atoms with Crippen molar-refractivity contribution in [1.82, 2.24) is 0 Å². The van der Waals surface area contributed by atoms with Gasteiger partial charge in [0, 0.05) is 17.6 Å². The van der Waals surface area contributed by atoms with E-state index in [0.29, 0.717) is 6.08 Å². The summed E-state index contributed by atoms with van der Waals surface area (Å²) in [7, 11) is 0. The number of esters is 1. The van der Waals surface area contributed by atoms with E-state index in [4.69, 9.17) is 21.4 Å². The molecule has 1 unspecified atom stereocenters. The zero-order chi connectivity index (χ0) is 11.4. The van der Waals surface area contributed by atoms with Crippen LogP contribution in [0.25, 0.3) is 0 Å². The second kappa shape index (κ2) is 5.00. The molecule has 5 heteroatoms. The number of carbonyl (C=O) groups is 2. The highest BCUT2D eigenvalue weighted by Gasteiger charge is 2.25. The Bertz CT molecular complexity index is 252. The van der Waals surface area contributed by atoms with Crippen LogP contribution in [0.2, 0.25) is 0 Å². The molecule has 0 aliphatic rings. The summed E-state index contributed by atoms with van der Waals surface area (Å²) < 4.78 is 4.74. The van der Waals surface area contributed by atoms with Gasteiger partial charge in [-0.2, -0.15) is 0 Å². The van der Waals surface area contributed by atoms with E-state index in [0.717, 1.165) is 6.08 Å². The molecule has 0 heterocycles. The zero-order valence-electron chi connectivity index (χ0n) is 8.28. The average Bonchev–Trinajstić information content (AvgIpc) is 1.99. The van der Waals surface area contributed by atoms with Crippen LogP contribution in [0.3, 0.4) is 0 Å². The lowest BCUT2D eigenvalue weighted by Crippen LogP contribution is -2.25. The first-order valence-electron chi connectivity index (χ1n) is 3.99. The van der Waals surface area contributed by atoms with Gasteiger partial charge in [-0.15, -0.1) is 0 Å². The van der Waals surface area contributed by atoms with Crippen LogP contribution < -0.4 is 0 Å². The molecule has 0 aliphatic heterocycles. The van der Waals surface area contributed by atoms with Crippen LogP contribution in [0.15, 0.2) is 12.2 Å². The van der Waals surface area contributed by atoms with E-state index >= 15 is 0 Å². The summed E-state index contributed by atoms with van der Waals surface area (Å²) in [6.45, 7) is 5.41. The summed E-state index contributed by atoms with van der Waals surface area (Å²) >= 11 is 5.74. The smallest absolute Gasteiger partial charge is 0.332 e. The molecule has 0 saturated carbocycles. The number of halogens is 1. The van der Waals surface area contributed by atoms with Crippen LogP contribution in [0, 0.1) is 5.41 Å². The fourth-order valence-electron chi connectivity index (χ4n) is 0.457. The highest BCUT2D eigenvalue weighted by Crippen LogP contribution is 2.25. The lowest BCUT2D eigenvalue weighted by molar-refractivity contribution is -0.143. The van der Waals surface area contributed by atoms with E-state index in [2.05, 4.69) is 0 Å². The molecule has 14 heavy (non-hydrogen) atoms. The topological polar surface area (TPSA) is 63.6 Å². The van der Waals surface area contributed by atoms with E-state index in [1.165, 1.54) is 0 Å². The third kappa shape index (κ3) is 5.59. The first kappa shape index (κ1) is 13.0. The Hall–Kier alpha value is -1.03. The van der Waals surface area contributed by atoms with Gasteiger partial charge in [-0.25, -0.2) is 9.59 Å². The molecule has 1 N–H and O–H groups in total. The van der Waals surface area contributed by atoms with E-state index < -0.39 is 17.5 Å². The van der Waals surface area contributed by atoms with Gasteiger partial charge in [-0.05, 0) is 0 Å². The average molecular weight is 221 g/mol. The van der Waals surface area contributed by atoms with Gasteiger partial charge >= 0.3 is 11.9 Å². The van der Waals surface area contributed by atoms with Crippen molar-refractivity contribution in [3.63, 3.8) is 0 Å². The lowest BCUT2D eigenvalue weighted by atomic mass is 9.98. The number of ether oxygens (including phenoxy) is 1. The maximum Gasteiger partial charge on any atom is 0.332 e. The van der Waals surface area contributed by atoms with Crippen molar-refractivity contribution in [3.05, 3.63) is 12.2 Å². The number of hydrogen-bond acceptors (Lipinski definition) is 3. The largest absolute Gasteiger partial charge is 0.478 e. The minimum atomic E-state index is -1.20. The number of carboxylic acids is 1. The summed E-state index contributed by atoms with van der Waals surface area (Å²) in [6, 6.07) is 0.